The predicted molar refractivity (Wildman–Crippen MR) is 127 cm³/mol. The van der Waals surface area contributed by atoms with E-state index in [0.717, 1.165) is 21.3 Å². The Morgan fingerprint density at radius 3 is 2.48 bits per heavy atom. The van der Waals surface area contributed by atoms with E-state index in [1.54, 1.807) is 17.2 Å². The second kappa shape index (κ2) is 9.89. The third-order valence-corrected chi connectivity index (χ3v) is 6.12. The predicted octanol–water partition coefficient (Wildman–Crippen LogP) is 4.58. The summed E-state index contributed by atoms with van der Waals surface area (Å²) in [4.78, 5) is 16.5. The number of carbonyl (C=O) groups is 1. The molecule has 0 aromatic heterocycles. The fourth-order valence-corrected chi connectivity index (χ4v) is 4.26. The summed E-state index contributed by atoms with van der Waals surface area (Å²) in [5.41, 5.74) is 3.19. The van der Waals surface area contributed by atoms with Crippen molar-refractivity contribution in [3.05, 3.63) is 76.8 Å². The first kappa shape index (κ1) is 21.3. The molecule has 3 rings (SSSR count). The Morgan fingerprint density at radius 2 is 1.86 bits per heavy atom. The fraction of sp³-hybridized carbons (Fsp3) is 0.227. The molecule has 0 bridgehead atoms. The van der Waals surface area contributed by atoms with Gasteiger partial charge in [-0.15, -0.1) is 11.7 Å². The molecule has 1 atom stereocenters. The Balaban J connectivity index is 1.72. The molecule has 0 spiro atoms. The summed E-state index contributed by atoms with van der Waals surface area (Å²) in [6.07, 6.45) is 4.06. The van der Waals surface area contributed by atoms with E-state index < -0.39 is 0 Å². The summed E-state index contributed by atoms with van der Waals surface area (Å²) in [6, 6.07) is 16.1. The van der Waals surface area contributed by atoms with Crippen LogP contribution in [0.15, 0.2) is 75.9 Å². The number of benzene rings is 2. The van der Waals surface area contributed by atoms with Crippen molar-refractivity contribution in [2.24, 2.45) is 10.2 Å². The minimum absolute atomic E-state index is 0.0436. The van der Waals surface area contributed by atoms with E-state index in [9.17, 15) is 4.79 Å². The van der Waals surface area contributed by atoms with Crippen LogP contribution in [0.5, 0.6) is 0 Å². The number of anilines is 1. The average Bonchev–Trinajstić information content (AvgIpc) is 2.99. The van der Waals surface area contributed by atoms with Gasteiger partial charge in [-0.25, -0.2) is 0 Å². The molecule has 150 valence electrons. The van der Waals surface area contributed by atoms with Gasteiger partial charge in [-0.2, -0.15) is 5.10 Å². The summed E-state index contributed by atoms with van der Waals surface area (Å²) in [5.74, 6) is 0.0436. The molecule has 2 aromatic rings. The van der Waals surface area contributed by atoms with Crippen LogP contribution >= 0.6 is 27.7 Å². The highest BCUT2D eigenvalue weighted by atomic mass is 79.9. The molecule has 1 aliphatic rings. The van der Waals surface area contributed by atoms with Crippen molar-refractivity contribution in [2.45, 2.75) is 11.7 Å². The second-order valence-corrected chi connectivity index (χ2v) is 8.87. The zero-order valence-electron chi connectivity index (χ0n) is 16.5. The van der Waals surface area contributed by atoms with Crippen molar-refractivity contribution in [3.63, 3.8) is 0 Å². The van der Waals surface area contributed by atoms with Crippen LogP contribution in [0.3, 0.4) is 0 Å². The Kier molecular flexibility index (Phi) is 7.28. The fourth-order valence-electron chi connectivity index (χ4n) is 2.85. The highest BCUT2D eigenvalue weighted by Gasteiger charge is 2.37. The van der Waals surface area contributed by atoms with E-state index in [1.807, 2.05) is 67.5 Å². The van der Waals surface area contributed by atoms with Gasteiger partial charge in [0.1, 0.15) is 0 Å². The van der Waals surface area contributed by atoms with Crippen molar-refractivity contribution in [2.75, 3.05) is 25.5 Å². The maximum absolute atomic E-state index is 12.8. The number of halogens is 1. The normalized spacial score (nSPS) is 18.0. The van der Waals surface area contributed by atoms with Crippen molar-refractivity contribution >= 4 is 50.7 Å². The van der Waals surface area contributed by atoms with Gasteiger partial charge in [-0.1, -0.05) is 58.0 Å². The Labute approximate surface area is 184 Å². The van der Waals surface area contributed by atoms with E-state index in [-0.39, 0.29) is 11.2 Å². The summed E-state index contributed by atoms with van der Waals surface area (Å²) in [6.45, 7) is 4.18. The van der Waals surface area contributed by atoms with E-state index >= 15 is 0 Å². The van der Waals surface area contributed by atoms with Crippen LogP contribution in [0.4, 0.5) is 5.69 Å². The molecule has 1 saturated heterocycles. The van der Waals surface area contributed by atoms with Crippen LogP contribution in [0.2, 0.25) is 0 Å². The molecule has 1 fully saturated rings. The van der Waals surface area contributed by atoms with Crippen LogP contribution in [-0.4, -0.2) is 48.1 Å². The zero-order valence-corrected chi connectivity index (χ0v) is 18.9. The van der Waals surface area contributed by atoms with Crippen LogP contribution < -0.4 is 4.90 Å². The summed E-state index contributed by atoms with van der Waals surface area (Å²) >= 11 is 4.89. The second-order valence-electron chi connectivity index (χ2n) is 6.79. The van der Waals surface area contributed by atoms with Crippen molar-refractivity contribution in [3.8, 4) is 0 Å². The molecule has 2 aromatic carbocycles. The van der Waals surface area contributed by atoms with E-state index in [2.05, 4.69) is 32.7 Å². The lowest BCUT2D eigenvalue weighted by Crippen LogP contribution is -2.32. The highest BCUT2D eigenvalue weighted by Crippen LogP contribution is 2.30. The van der Waals surface area contributed by atoms with Gasteiger partial charge in [0.2, 0.25) is 5.91 Å². The van der Waals surface area contributed by atoms with E-state index in [0.29, 0.717) is 18.1 Å². The molecule has 0 N–H and O–H groups in total. The van der Waals surface area contributed by atoms with Gasteiger partial charge in [0.25, 0.3) is 0 Å². The molecular weight excluding hydrogens is 448 g/mol. The average molecular weight is 471 g/mol. The molecule has 0 saturated carbocycles. The van der Waals surface area contributed by atoms with Crippen molar-refractivity contribution in [1.29, 1.82) is 0 Å². The molecule has 1 amide bonds. The lowest BCUT2D eigenvalue weighted by Gasteiger charge is -2.13. The molecule has 7 heteroatoms. The molecule has 0 aliphatic carbocycles. The number of nitrogens with zero attached hydrogens (tertiary/aromatic N) is 4. The Morgan fingerprint density at radius 1 is 1.17 bits per heavy atom. The molecule has 1 aliphatic heterocycles. The first-order valence-corrected chi connectivity index (χ1v) is 10.9. The molecule has 1 heterocycles. The van der Waals surface area contributed by atoms with Crippen LogP contribution in [0.25, 0.3) is 0 Å². The minimum atomic E-state index is -0.204. The third kappa shape index (κ3) is 5.58. The lowest BCUT2D eigenvalue weighted by molar-refractivity contribution is -0.125. The Hall–Kier alpha value is -2.38. The highest BCUT2D eigenvalue weighted by molar-refractivity contribution is 9.10. The number of rotatable bonds is 7. The Bertz CT molecular complexity index is 923. The third-order valence-electron chi connectivity index (χ3n) is 4.43. The first-order chi connectivity index (χ1) is 14.0. The largest absolute Gasteiger partial charge is 0.378 e. The van der Waals surface area contributed by atoms with Crippen LogP contribution in [0, 0.1) is 0 Å². The first-order valence-electron chi connectivity index (χ1n) is 9.19. The van der Waals surface area contributed by atoms with Gasteiger partial charge in [0.15, 0.2) is 5.17 Å². The molecular formula is C22H23BrN4OS. The van der Waals surface area contributed by atoms with Gasteiger partial charge in [0.05, 0.1) is 11.5 Å². The number of carbonyl (C=O) groups excluding carboxylic acids is 1. The molecule has 0 radical (unpaired) electrons. The number of amidine groups is 1. The topological polar surface area (TPSA) is 48.3 Å². The summed E-state index contributed by atoms with van der Waals surface area (Å²) in [5, 5.41) is 8.94. The minimum Gasteiger partial charge on any atom is -0.378 e. The van der Waals surface area contributed by atoms with E-state index in [1.165, 1.54) is 11.8 Å². The monoisotopic (exact) mass is 470 g/mol. The maximum Gasteiger partial charge on any atom is 0.242 e. The summed E-state index contributed by atoms with van der Waals surface area (Å²) in [7, 11) is 4.00. The quantitative estimate of drug-likeness (QED) is 0.338. The number of amides is 1. The van der Waals surface area contributed by atoms with Gasteiger partial charge in [-0.05, 0) is 41.8 Å². The number of hydrogen-bond acceptors (Lipinski definition) is 5. The maximum atomic E-state index is 12.8. The van der Waals surface area contributed by atoms with E-state index in [4.69, 9.17) is 0 Å². The standard InChI is InChI=1S/C22H23BrN4OS/c1-4-13-27-21(28)20(14-16-5-9-18(23)10-6-16)29-22(27)25-24-15-17-7-11-19(12-8-17)26(2)3/h4-12,15,20H,1,13-14H2,2-3H3. The van der Waals surface area contributed by atoms with Crippen LogP contribution in [-0.2, 0) is 11.2 Å². The molecule has 29 heavy (non-hydrogen) atoms. The van der Waals surface area contributed by atoms with Crippen molar-refractivity contribution in [1.82, 2.24) is 4.90 Å². The smallest absolute Gasteiger partial charge is 0.242 e. The van der Waals surface area contributed by atoms with Crippen LogP contribution in [0.1, 0.15) is 11.1 Å². The van der Waals surface area contributed by atoms with Gasteiger partial charge in [-0.3, -0.25) is 9.69 Å². The van der Waals surface area contributed by atoms with Gasteiger partial charge < -0.3 is 4.90 Å². The molecule has 5 nitrogen and oxygen atoms in total. The van der Waals surface area contributed by atoms with Gasteiger partial charge in [0, 0.05) is 30.8 Å². The number of hydrogen-bond donors (Lipinski definition) is 0. The lowest BCUT2D eigenvalue weighted by atomic mass is 10.1. The zero-order chi connectivity index (χ0) is 20.8. The SMILES string of the molecule is C=CCN1C(=O)C(Cc2ccc(Br)cc2)SC1=NN=Cc1ccc(N(C)C)cc1. The van der Waals surface area contributed by atoms with Gasteiger partial charge >= 0.3 is 0 Å². The molecule has 1 unspecified atom stereocenters. The number of thioether (sulfide) groups is 1. The van der Waals surface area contributed by atoms with Crippen molar-refractivity contribution < 1.29 is 4.79 Å². The summed E-state index contributed by atoms with van der Waals surface area (Å²) < 4.78 is 1.02.